The number of hydrogen-bond acceptors (Lipinski definition) is 10. The molecule has 3 N–H and O–H groups in total. The van der Waals surface area contributed by atoms with Gasteiger partial charge >= 0.3 is 0 Å². The Kier molecular flexibility index (Phi) is 12.6. The van der Waals surface area contributed by atoms with Gasteiger partial charge in [-0.3, -0.25) is 62.8 Å². The molecule has 0 aliphatic carbocycles. The Balaban J connectivity index is 1.42. The molecule has 0 saturated carbocycles. The quantitative estimate of drug-likeness (QED) is 0.137. The van der Waals surface area contributed by atoms with Crippen molar-refractivity contribution >= 4 is 53.2 Å². The van der Waals surface area contributed by atoms with E-state index in [9.17, 15) is 43.2 Å². The molecule has 0 bridgehead atoms. The van der Waals surface area contributed by atoms with Gasteiger partial charge in [0.25, 0.3) is 35.4 Å². The van der Waals surface area contributed by atoms with Crippen LogP contribution < -0.4 is 16.0 Å². The number of carbonyl (C=O) groups excluding carboxylic acids is 9. The Morgan fingerprint density at radius 3 is 1.00 bits per heavy atom. The van der Waals surface area contributed by atoms with Crippen molar-refractivity contribution in [3.63, 3.8) is 0 Å². The number of nitrogens with zero attached hydrogens (tertiary/aromatic N) is 4. The molecule has 46 heavy (non-hydrogen) atoms. The molecule has 0 aromatic rings. The fraction of sp³-hybridized carbons (Fsp3) is 0.500. The summed E-state index contributed by atoms with van der Waals surface area (Å²) in [5.74, 6) is -3.74. The van der Waals surface area contributed by atoms with Crippen LogP contribution in [0.15, 0.2) is 34.9 Å². The summed E-state index contributed by atoms with van der Waals surface area (Å²) in [4.78, 5) is 114. The second kappa shape index (κ2) is 16.4. The highest BCUT2D eigenvalue weighted by atomic mass is 16.2. The minimum absolute atomic E-state index is 0.0480. The standard InChI is InChI=1S/C30H39N7O9/c1-19-16-25(41)35(28(19)44)10-4-22(38)31-7-13-34(14-8-32-23(39)5-11-36-26(42)17-20(2)29(36)45)15-9-33-24(40)6-12-37-27(43)18-21(3)30(37)46/h16-18H,4-15H2,1-3H3,(H,31,38)(H,32,39)(H,33,40). The Bertz CT molecular complexity index is 1250. The molecule has 3 aliphatic heterocycles. The van der Waals surface area contributed by atoms with Gasteiger partial charge < -0.3 is 16.0 Å². The zero-order valence-corrected chi connectivity index (χ0v) is 26.2. The van der Waals surface area contributed by atoms with Gasteiger partial charge in [-0.1, -0.05) is 0 Å². The zero-order chi connectivity index (χ0) is 34.0. The summed E-state index contributed by atoms with van der Waals surface area (Å²) in [5.41, 5.74) is 0.946. The van der Waals surface area contributed by atoms with Crippen molar-refractivity contribution in [2.45, 2.75) is 40.0 Å². The molecule has 16 nitrogen and oxygen atoms in total. The van der Waals surface area contributed by atoms with Crippen molar-refractivity contribution in [2.75, 3.05) is 58.9 Å². The van der Waals surface area contributed by atoms with Crippen molar-refractivity contribution in [3.05, 3.63) is 34.9 Å². The Morgan fingerprint density at radius 1 is 0.522 bits per heavy atom. The monoisotopic (exact) mass is 641 g/mol. The smallest absolute Gasteiger partial charge is 0.256 e. The normalized spacial score (nSPS) is 16.4. The molecule has 0 radical (unpaired) electrons. The number of carbonyl (C=O) groups is 9. The maximum Gasteiger partial charge on any atom is 0.256 e. The molecule has 0 spiro atoms. The van der Waals surface area contributed by atoms with Crippen LogP contribution in [0.3, 0.4) is 0 Å². The van der Waals surface area contributed by atoms with E-state index in [2.05, 4.69) is 16.0 Å². The van der Waals surface area contributed by atoms with E-state index in [0.29, 0.717) is 36.4 Å². The summed E-state index contributed by atoms with van der Waals surface area (Å²) < 4.78 is 0. The number of hydrogen-bond donors (Lipinski definition) is 3. The number of amides is 9. The molecule has 248 valence electrons. The third kappa shape index (κ3) is 9.76. The van der Waals surface area contributed by atoms with Crippen molar-refractivity contribution < 1.29 is 43.2 Å². The molecule has 0 fully saturated rings. The number of rotatable bonds is 18. The summed E-state index contributed by atoms with van der Waals surface area (Å²) in [6, 6.07) is 0. The zero-order valence-electron chi connectivity index (χ0n) is 26.2. The molecule has 3 rings (SSSR count). The van der Waals surface area contributed by atoms with Gasteiger partial charge in [0.15, 0.2) is 0 Å². The second-order valence-corrected chi connectivity index (χ2v) is 11.0. The lowest BCUT2D eigenvalue weighted by Crippen LogP contribution is -2.44. The minimum Gasteiger partial charge on any atom is -0.355 e. The first kappa shape index (κ1) is 35.5. The van der Waals surface area contributed by atoms with Gasteiger partial charge in [0, 0.05) is 113 Å². The van der Waals surface area contributed by atoms with Crippen LogP contribution in [0.1, 0.15) is 40.0 Å². The van der Waals surface area contributed by atoms with Crippen molar-refractivity contribution in [3.8, 4) is 0 Å². The fourth-order valence-corrected chi connectivity index (χ4v) is 4.85. The van der Waals surface area contributed by atoms with E-state index in [1.54, 1.807) is 0 Å². The van der Waals surface area contributed by atoms with Crippen LogP contribution in [-0.2, 0) is 43.2 Å². The lowest BCUT2D eigenvalue weighted by molar-refractivity contribution is -0.139. The summed E-state index contributed by atoms with van der Waals surface area (Å²) in [7, 11) is 0. The SMILES string of the molecule is CC1=CC(=O)N(CCC(=O)NCCN(CCNC(=O)CCN2C(=O)C=C(C)C2=O)CCNC(=O)CCN2C(=O)C=C(C)C2=O)C1=O. The van der Waals surface area contributed by atoms with E-state index in [4.69, 9.17) is 0 Å². The third-order valence-electron chi connectivity index (χ3n) is 7.50. The Labute approximate surface area is 265 Å². The van der Waals surface area contributed by atoms with Gasteiger partial charge in [0.1, 0.15) is 0 Å². The predicted molar refractivity (Wildman–Crippen MR) is 161 cm³/mol. The van der Waals surface area contributed by atoms with Gasteiger partial charge in [-0.2, -0.15) is 0 Å². The second-order valence-electron chi connectivity index (χ2n) is 11.0. The van der Waals surface area contributed by atoms with E-state index in [0.717, 1.165) is 14.7 Å². The van der Waals surface area contributed by atoms with E-state index in [1.165, 1.54) is 39.0 Å². The molecule has 0 saturated heterocycles. The molecule has 0 aromatic carbocycles. The Morgan fingerprint density at radius 2 is 0.783 bits per heavy atom. The molecule has 9 amide bonds. The summed E-state index contributed by atoms with van der Waals surface area (Å²) in [6.07, 6.45) is 3.46. The largest absolute Gasteiger partial charge is 0.355 e. The lowest BCUT2D eigenvalue weighted by Gasteiger charge is -2.23. The van der Waals surface area contributed by atoms with Gasteiger partial charge in [-0.25, -0.2) is 0 Å². The van der Waals surface area contributed by atoms with Crippen LogP contribution in [0.4, 0.5) is 0 Å². The minimum atomic E-state index is -0.457. The molecular formula is C30H39N7O9. The van der Waals surface area contributed by atoms with Crippen LogP contribution in [0.2, 0.25) is 0 Å². The topological polar surface area (TPSA) is 203 Å². The molecule has 0 unspecified atom stereocenters. The average molecular weight is 642 g/mol. The highest BCUT2D eigenvalue weighted by molar-refractivity contribution is 6.17. The molecule has 16 heteroatoms. The summed E-state index contributed by atoms with van der Waals surface area (Å²) in [6.45, 7) is 6.07. The van der Waals surface area contributed by atoms with Gasteiger partial charge in [0.05, 0.1) is 0 Å². The van der Waals surface area contributed by atoms with Crippen LogP contribution >= 0.6 is 0 Å². The summed E-state index contributed by atoms with van der Waals surface area (Å²) in [5, 5.41) is 8.20. The van der Waals surface area contributed by atoms with Crippen molar-refractivity contribution in [1.29, 1.82) is 0 Å². The van der Waals surface area contributed by atoms with E-state index < -0.39 is 35.4 Å². The maximum absolute atomic E-state index is 12.4. The highest BCUT2D eigenvalue weighted by Crippen LogP contribution is 2.13. The van der Waals surface area contributed by atoms with Gasteiger partial charge in [-0.05, 0) is 20.8 Å². The van der Waals surface area contributed by atoms with Crippen LogP contribution in [0, 0.1) is 0 Å². The predicted octanol–water partition coefficient (Wildman–Crippen LogP) is -2.25. The first-order valence-corrected chi connectivity index (χ1v) is 14.9. The van der Waals surface area contributed by atoms with E-state index in [-0.39, 0.29) is 76.3 Å². The molecule has 0 aromatic heterocycles. The van der Waals surface area contributed by atoms with Crippen LogP contribution in [0.25, 0.3) is 0 Å². The summed E-state index contributed by atoms with van der Waals surface area (Å²) >= 11 is 0. The number of nitrogens with one attached hydrogen (secondary N) is 3. The van der Waals surface area contributed by atoms with Gasteiger partial charge in [-0.15, -0.1) is 0 Å². The van der Waals surface area contributed by atoms with E-state index in [1.807, 2.05) is 4.90 Å². The van der Waals surface area contributed by atoms with Crippen LogP contribution in [0.5, 0.6) is 0 Å². The highest BCUT2D eigenvalue weighted by Gasteiger charge is 2.30. The van der Waals surface area contributed by atoms with E-state index >= 15 is 0 Å². The first-order chi connectivity index (χ1) is 21.8. The van der Waals surface area contributed by atoms with Crippen molar-refractivity contribution in [2.24, 2.45) is 0 Å². The van der Waals surface area contributed by atoms with Gasteiger partial charge in [0.2, 0.25) is 17.7 Å². The van der Waals surface area contributed by atoms with Crippen LogP contribution in [-0.4, -0.2) is 132 Å². The molecule has 0 atom stereocenters. The maximum atomic E-state index is 12.4. The fourth-order valence-electron chi connectivity index (χ4n) is 4.85. The number of imide groups is 3. The van der Waals surface area contributed by atoms with Crippen molar-refractivity contribution in [1.82, 2.24) is 35.6 Å². The third-order valence-corrected chi connectivity index (χ3v) is 7.50. The molecular weight excluding hydrogens is 602 g/mol. The lowest BCUT2D eigenvalue weighted by atomic mass is 10.3. The molecule has 3 aliphatic rings. The first-order valence-electron chi connectivity index (χ1n) is 14.9. The average Bonchev–Trinajstić information content (AvgIpc) is 3.50. The Hall–Kier alpha value is -4.99. The molecule has 3 heterocycles.